The molecule has 5 nitrogen and oxygen atoms in total. The molecule has 0 unspecified atom stereocenters. The number of aromatic nitrogens is 4. The third-order valence-electron chi connectivity index (χ3n) is 2.00. The lowest BCUT2D eigenvalue weighted by Gasteiger charge is -1.98. The van der Waals surface area contributed by atoms with E-state index in [0.29, 0.717) is 21.9 Å². The minimum Gasteiger partial charge on any atom is -0.302 e. The van der Waals surface area contributed by atoms with Gasteiger partial charge in [-0.1, -0.05) is 0 Å². The first-order valence-corrected chi connectivity index (χ1v) is 4.61. The molecule has 0 amide bonds. The lowest BCUT2D eigenvalue weighted by Crippen LogP contribution is -1.94. The Bertz CT molecular complexity index is 572. The molecule has 0 aliphatic rings. The van der Waals surface area contributed by atoms with E-state index in [1.807, 2.05) is 6.07 Å². The third kappa shape index (κ3) is 1.65. The molecule has 15 heavy (non-hydrogen) atoms. The summed E-state index contributed by atoms with van der Waals surface area (Å²) in [6, 6.07) is 5.44. The number of H-pyrrole nitrogens is 1. The van der Waals surface area contributed by atoms with Crippen LogP contribution in [0.2, 0.25) is 0 Å². The summed E-state index contributed by atoms with van der Waals surface area (Å²) in [5.41, 5.74) is 1.21. The minimum atomic E-state index is 0.524. The van der Waals surface area contributed by atoms with Gasteiger partial charge in [0, 0.05) is 13.2 Å². The monoisotopic (exact) mass is 217 g/mol. The van der Waals surface area contributed by atoms with Crippen LogP contribution in [0.15, 0.2) is 18.3 Å². The van der Waals surface area contributed by atoms with Crippen molar-refractivity contribution in [1.29, 1.82) is 5.26 Å². The number of aromatic amines is 1. The van der Waals surface area contributed by atoms with Gasteiger partial charge in [-0.2, -0.15) is 10.4 Å². The summed E-state index contributed by atoms with van der Waals surface area (Å²) in [6.07, 6.45) is 1.51. The van der Waals surface area contributed by atoms with Gasteiger partial charge in [-0.3, -0.25) is 10.1 Å². The predicted octanol–water partition coefficient (Wildman–Crippen LogP) is 1.41. The van der Waals surface area contributed by atoms with Gasteiger partial charge in [0.15, 0.2) is 10.6 Å². The Morgan fingerprint density at radius 1 is 1.53 bits per heavy atom. The molecule has 0 aliphatic heterocycles. The van der Waals surface area contributed by atoms with Gasteiger partial charge in [-0.15, -0.1) is 0 Å². The number of hydrogen-bond acceptors (Lipinski definition) is 4. The van der Waals surface area contributed by atoms with E-state index in [1.165, 1.54) is 6.20 Å². The van der Waals surface area contributed by atoms with E-state index >= 15 is 0 Å². The highest BCUT2D eigenvalue weighted by Gasteiger charge is 2.06. The predicted molar refractivity (Wildman–Crippen MR) is 56.3 cm³/mol. The lowest BCUT2D eigenvalue weighted by molar-refractivity contribution is 0.897. The smallest absolute Gasteiger partial charge is 0.195 e. The van der Waals surface area contributed by atoms with Crippen LogP contribution in [0.25, 0.3) is 11.5 Å². The molecule has 2 aromatic heterocycles. The maximum atomic E-state index is 8.62. The van der Waals surface area contributed by atoms with Gasteiger partial charge < -0.3 is 4.57 Å². The molecule has 1 N–H and O–H groups in total. The molecule has 0 aliphatic carbocycles. The molecule has 74 valence electrons. The Hall–Kier alpha value is -2.00. The first-order valence-electron chi connectivity index (χ1n) is 4.20. The summed E-state index contributed by atoms with van der Waals surface area (Å²) < 4.78 is 2.26. The minimum absolute atomic E-state index is 0.524. The Morgan fingerprint density at radius 3 is 2.80 bits per heavy atom. The SMILES string of the molecule is Cn1c(-c2ccc(C#N)cn2)n[nH]c1=S. The summed E-state index contributed by atoms with van der Waals surface area (Å²) in [7, 11) is 1.81. The molecule has 0 bridgehead atoms. The number of rotatable bonds is 1. The van der Waals surface area contributed by atoms with Crippen molar-refractivity contribution in [2.45, 2.75) is 0 Å². The fraction of sp³-hybridized carbons (Fsp3) is 0.111. The van der Waals surface area contributed by atoms with Crippen molar-refractivity contribution < 1.29 is 0 Å². The Labute approximate surface area is 91.0 Å². The topological polar surface area (TPSA) is 70.3 Å². The third-order valence-corrected chi connectivity index (χ3v) is 2.37. The molecule has 0 saturated carbocycles. The van der Waals surface area contributed by atoms with Gasteiger partial charge in [0.1, 0.15) is 11.8 Å². The second-order valence-corrected chi connectivity index (χ2v) is 3.34. The van der Waals surface area contributed by atoms with Crippen LogP contribution in [0.3, 0.4) is 0 Å². The summed E-state index contributed by atoms with van der Waals surface area (Å²) in [5, 5.41) is 15.3. The average molecular weight is 217 g/mol. The van der Waals surface area contributed by atoms with Crippen molar-refractivity contribution in [2.75, 3.05) is 0 Å². The molecule has 0 aromatic carbocycles. The van der Waals surface area contributed by atoms with Crippen molar-refractivity contribution in [3.63, 3.8) is 0 Å². The zero-order valence-electron chi connectivity index (χ0n) is 7.93. The molecule has 2 rings (SSSR count). The quantitative estimate of drug-likeness (QED) is 0.733. The zero-order valence-corrected chi connectivity index (χ0v) is 8.75. The Kier molecular flexibility index (Phi) is 2.31. The van der Waals surface area contributed by atoms with Gasteiger partial charge in [-0.05, 0) is 24.4 Å². The number of pyridine rings is 1. The first-order chi connectivity index (χ1) is 7.22. The van der Waals surface area contributed by atoms with Gasteiger partial charge in [0.2, 0.25) is 0 Å². The molecular weight excluding hydrogens is 210 g/mol. The molecule has 0 saturated heterocycles. The normalized spacial score (nSPS) is 9.87. The molecule has 2 heterocycles. The molecular formula is C9H7N5S. The highest BCUT2D eigenvalue weighted by molar-refractivity contribution is 7.71. The summed E-state index contributed by atoms with van der Waals surface area (Å²) >= 11 is 4.99. The summed E-state index contributed by atoms with van der Waals surface area (Å²) in [4.78, 5) is 4.12. The van der Waals surface area contributed by atoms with E-state index in [2.05, 4.69) is 15.2 Å². The van der Waals surface area contributed by atoms with Crippen LogP contribution in [0.5, 0.6) is 0 Å². The molecule has 0 spiro atoms. The number of nitrogens with one attached hydrogen (secondary N) is 1. The van der Waals surface area contributed by atoms with Crippen LogP contribution in [-0.2, 0) is 7.05 Å². The number of nitrogens with zero attached hydrogens (tertiary/aromatic N) is 4. The van der Waals surface area contributed by atoms with Crippen molar-refractivity contribution in [3.8, 4) is 17.6 Å². The van der Waals surface area contributed by atoms with Gasteiger partial charge in [0.05, 0.1) is 5.56 Å². The molecule has 6 heteroatoms. The maximum absolute atomic E-state index is 8.62. The first kappa shape index (κ1) is 9.55. The number of hydrogen-bond donors (Lipinski definition) is 1. The lowest BCUT2D eigenvalue weighted by atomic mass is 10.2. The van der Waals surface area contributed by atoms with E-state index < -0.39 is 0 Å². The van der Waals surface area contributed by atoms with Crippen LogP contribution in [-0.4, -0.2) is 19.7 Å². The molecule has 0 radical (unpaired) electrons. The molecule has 2 aromatic rings. The largest absolute Gasteiger partial charge is 0.302 e. The van der Waals surface area contributed by atoms with E-state index in [0.717, 1.165) is 0 Å². The van der Waals surface area contributed by atoms with E-state index in [4.69, 9.17) is 17.5 Å². The maximum Gasteiger partial charge on any atom is 0.195 e. The zero-order chi connectivity index (χ0) is 10.8. The second-order valence-electron chi connectivity index (χ2n) is 2.96. The summed E-state index contributed by atoms with van der Waals surface area (Å²) in [5.74, 6) is 0.657. The number of nitriles is 1. The standard InChI is InChI=1S/C9H7N5S/c1-14-8(12-13-9(14)15)7-3-2-6(4-10)5-11-7/h2-3,5H,1H3,(H,13,15). The Balaban J connectivity index is 2.51. The van der Waals surface area contributed by atoms with Crippen LogP contribution < -0.4 is 0 Å². The molecule has 0 fully saturated rings. The van der Waals surface area contributed by atoms with Crippen molar-refractivity contribution in [2.24, 2.45) is 7.05 Å². The van der Waals surface area contributed by atoms with Gasteiger partial charge >= 0.3 is 0 Å². The average Bonchev–Trinajstić information content (AvgIpc) is 2.60. The highest BCUT2D eigenvalue weighted by Crippen LogP contribution is 2.13. The van der Waals surface area contributed by atoms with E-state index in [-0.39, 0.29) is 0 Å². The van der Waals surface area contributed by atoms with Crippen LogP contribution in [0.1, 0.15) is 5.56 Å². The molecule has 0 atom stereocenters. The highest BCUT2D eigenvalue weighted by atomic mass is 32.1. The van der Waals surface area contributed by atoms with Gasteiger partial charge in [-0.25, -0.2) is 0 Å². The van der Waals surface area contributed by atoms with Gasteiger partial charge in [0.25, 0.3) is 0 Å². The van der Waals surface area contributed by atoms with Crippen LogP contribution in [0.4, 0.5) is 0 Å². The van der Waals surface area contributed by atoms with E-state index in [9.17, 15) is 0 Å². The fourth-order valence-electron chi connectivity index (χ4n) is 1.17. The van der Waals surface area contributed by atoms with Crippen LogP contribution >= 0.6 is 12.2 Å². The second kappa shape index (κ2) is 3.63. The summed E-state index contributed by atoms with van der Waals surface area (Å²) in [6.45, 7) is 0. The Morgan fingerprint density at radius 2 is 2.33 bits per heavy atom. The van der Waals surface area contributed by atoms with Crippen molar-refractivity contribution in [1.82, 2.24) is 19.7 Å². The van der Waals surface area contributed by atoms with E-state index in [1.54, 1.807) is 23.7 Å². The van der Waals surface area contributed by atoms with Crippen molar-refractivity contribution >= 4 is 12.2 Å². The van der Waals surface area contributed by atoms with Crippen LogP contribution in [0, 0.1) is 16.1 Å². The fourth-order valence-corrected chi connectivity index (χ4v) is 1.30. The van der Waals surface area contributed by atoms with Crippen molar-refractivity contribution in [3.05, 3.63) is 28.7 Å².